The maximum Gasteiger partial charge on any atom is 0.324 e. The molecule has 0 saturated carbocycles. The molecule has 110 valence electrons. The lowest BCUT2D eigenvalue weighted by Crippen LogP contribution is -2.57. The van der Waals surface area contributed by atoms with Crippen LogP contribution in [0.1, 0.15) is 32.6 Å². The molecule has 2 heterocycles. The molecular weight excluding hydrogens is 270 g/mol. The number of carbonyl (C=O) groups is 1. The number of aliphatic hydroxyl groups excluding tert-OH is 1. The lowest BCUT2D eigenvalue weighted by molar-refractivity contribution is -0.152. The van der Waals surface area contributed by atoms with E-state index in [1.54, 1.807) is 4.90 Å². The van der Waals surface area contributed by atoms with Crippen LogP contribution >= 0.6 is 0 Å². The Morgan fingerprint density at radius 1 is 1.42 bits per heavy atom. The summed E-state index contributed by atoms with van der Waals surface area (Å²) in [6, 6.07) is -0.574. The minimum Gasteiger partial charge on any atom is -0.480 e. The topological polar surface area (TPSA) is 94.9 Å². The maximum absolute atomic E-state index is 11.7. The van der Waals surface area contributed by atoms with E-state index >= 15 is 0 Å². The Labute approximate surface area is 113 Å². The fourth-order valence-corrected chi connectivity index (χ4v) is 5.31. The van der Waals surface area contributed by atoms with Crippen molar-refractivity contribution in [2.24, 2.45) is 0 Å². The SMILES string of the molecule is CCCC1(C(=O)O)CCCN1C1CS(=O)(=O)CC1O. The van der Waals surface area contributed by atoms with E-state index in [0.717, 1.165) is 12.8 Å². The van der Waals surface area contributed by atoms with Gasteiger partial charge in [0.05, 0.1) is 23.7 Å². The molecule has 7 heteroatoms. The van der Waals surface area contributed by atoms with Gasteiger partial charge in [-0.15, -0.1) is 0 Å². The third-order valence-electron chi connectivity index (χ3n) is 4.29. The second-order valence-corrected chi connectivity index (χ2v) is 7.75. The van der Waals surface area contributed by atoms with Crippen LogP contribution in [-0.2, 0) is 14.6 Å². The Morgan fingerprint density at radius 3 is 2.58 bits per heavy atom. The minimum absolute atomic E-state index is 0.132. The molecule has 0 aliphatic carbocycles. The number of rotatable bonds is 4. The molecular formula is C12H21NO5S. The van der Waals surface area contributed by atoms with Crippen molar-refractivity contribution >= 4 is 15.8 Å². The molecule has 2 N–H and O–H groups in total. The first kappa shape index (κ1) is 14.7. The van der Waals surface area contributed by atoms with E-state index in [0.29, 0.717) is 19.4 Å². The molecule has 2 fully saturated rings. The summed E-state index contributed by atoms with van der Waals surface area (Å²) in [7, 11) is -3.26. The van der Waals surface area contributed by atoms with E-state index in [9.17, 15) is 23.4 Å². The van der Waals surface area contributed by atoms with Crippen molar-refractivity contribution in [1.82, 2.24) is 4.90 Å². The highest BCUT2D eigenvalue weighted by Gasteiger charge is 2.53. The summed E-state index contributed by atoms with van der Waals surface area (Å²) in [5, 5.41) is 19.5. The molecule has 2 aliphatic heterocycles. The van der Waals surface area contributed by atoms with Gasteiger partial charge < -0.3 is 10.2 Å². The fourth-order valence-electron chi connectivity index (χ4n) is 3.51. The van der Waals surface area contributed by atoms with Crippen molar-refractivity contribution in [2.75, 3.05) is 18.1 Å². The van der Waals surface area contributed by atoms with Crippen LogP contribution < -0.4 is 0 Å². The first-order valence-electron chi connectivity index (χ1n) is 6.71. The normalized spacial score (nSPS) is 38.6. The third-order valence-corrected chi connectivity index (χ3v) is 5.99. The number of carboxylic acids is 1. The Balaban J connectivity index is 2.30. The zero-order valence-corrected chi connectivity index (χ0v) is 11.9. The van der Waals surface area contributed by atoms with Crippen LogP contribution in [0, 0.1) is 0 Å². The molecule has 3 atom stereocenters. The molecule has 0 amide bonds. The zero-order valence-electron chi connectivity index (χ0n) is 11.1. The van der Waals surface area contributed by atoms with Gasteiger partial charge in [-0.05, 0) is 25.8 Å². The second kappa shape index (κ2) is 5.03. The third kappa shape index (κ3) is 2.51. The van der Waals surface area contributed by atoms with E-state index in [2.05, 4.69) is 0 Å². The van der Waals surface area contributed by atoms with Crippen molar-refractivity contribution in [3.63, 3.8) is 0 Å². The van der Waals surface area contributed by atoms with Gasteiger partial charge in [0, 0.05) is 0 Å². The van der Waals surface area contributed by atoms with Crippen LogP contribution in [0.5, 0.6) is 0 Å². The molecule has 19 heavy (non-hydrogen) atoms. The van der Waals surface area contributed by atoms with Crippen molar-refractivity contribution in [3.05, 3.63) is 0 Å². The Morgan fingerprint density at radius 2 is 2.11 bits per heavy atom. The molecule has 0 radical (unpaired) electrons. The van der Waals surface area contributed by atoms with Gasteiger partial charge in [0.15, 0.2) is 9.84 Å². The Hall–Kier alpha value is -0.660. The number of likely N-dealkylation sites (tertiary alicyclic amines) is 1. The van der Waals surface area contributed by atoms with Gasteiger partial charge in [0.2, 0.25) is 0 Å². The highest BCUT2D eigenvalue weighted by atomic mass is 32.2. The number of hydrogen-bond donors (Lipinski definition) is 2. The van der Waals surface area contributed by atoms with Gasteiger partial charge >= 0.3 is 5.97 Å². The van der Waals surface area contributed by atoms with Gasteiger partial charge in [-0.3, -0.25) is 9.69 Å². The number of aliphatic carboxylic acids is 1. The van der Waals surface area contributed by atoms with Gasteiger partial charge in [-0.25, -0.2) is 8.42 Å². The quantitative estimate of drug-likeness (QED) is 0.749. The molecule has 0 spiro atoms. The fraction of sp³-hybridized carbons (Fsp3) is 0.917. The van der Waals surface area contributed by atoms with E-state index in [1.807, 2.05) is 6.92 Å². The molecule has 0 aromatic carbocycles. The van der Waals surface area contributed by atoms with Crippen molar-refractivity contribution < 1.29 is 23.4 Å². The Bertz CT molecular complexity index is 463. The van der Waals surface area contributed by atoms with Crippen LogP contribution in [0.3, 0.4) is 0 Å². The molecule has 3 unspecified atom stereocenters. The first-order valence-corrected chi connectivity index (χ1v) is 8.53. The summed E-state index contributed by atoms with van der Waals surface area (Å²) in [6.07, 6.45) is 1.50. The number of carboxylic acid groups (broad SMARTS) is 1. The zero-order chi connectivity index (χ0) is 14.3. The summed E-state index contributed by atoms with van der Waals surface area (Å²) in [4.78, 5) is 13.4. The second-order valence-electron chi connectivity index (χ2n) is 5.60. The van der Waals surface area contributed by atoms with Crippen LogP contribution in [0.15, 0.2) is 0 Å². The Kier molecular flexibility index (Phi) is 3.90. The van der Waals surface area contributed by atoms with Gasteiger partial charge in [0.25, 0.3) is 0 Å². The molecule has 0 aromatic heterocycles. The van der Waals surface area contributed by atoms with Crippen LogP contribution in [-0.4, -0.2) is 65.2 Å². The van der Waals surface area contributed by atoms with Crippen LogP contribution in [0.4, 0.5) is 0 Å². The van der Waals surface area contributed by atoms with Gasteiger partial charge in [-0.2, -0.15) is 0 Å². The van der Waals surface area contributed by atoms with Gasteiger partial charge in [0.1, 0.15) is 5.54 Å². The summed E-state index contributed by atoms with van der Waals surface area (Å²) in [5.41, 5.74) is -1.000. The molecule has 6 nitrogen and oxygen atoms in total. The lowest BCUT2D eigenvalue weighted by Gasteiger charge is -2.39. The highest BCUT2D eigenvalue weighted by molar-refractivity contribution is 7.91. The monoisotopic (exact) mass is 291 g/mol. The largest absolute Gasteiger partial charge is 0.480 e. The summed E-state index contributed by atoms with van der Waals surface area (Å²) < 4.78 is 23.2. The van der Waals surface area contributed by atoms with Gasteiger partial charge in [-0.1, -0.05) is 13.3 Å². The molecule has 2 rings (SSSR count). The molecule has 0 aromatic rings. The average Bonchev–Trinajstić information content (AvgIpc) is 2.81. The van der Waals surface area contributed by atoms with E-state index in [-0.39, 0.29) is 11.5 Å². The summed E-state index contributed by atoms with van der Waals surface area (Å²) in [6.45, 7) is 2.46. The highest BCUT2D eigenvalue weighted by Crippen LogP contribution is 2.38. The molecule has 2 saturated heterocycles. The minimum atomic E-state index is -3.26. The standard InChI is InChI=1S/C12H21NO5S/c1-2-4-12(11(15)16)5-3-6-13(12)9-7-19(17,18)8-10(9)14/h9-10,14H,2-8H2,1H3,(H,15,16). The number of nitrogens with zero attached hydrogens (tertiary/aromatic N) is 1. The smallest absolute Gasteiger partial charge is 0.324 e. The van der Waals surface area contributed by atoms with Crippen LogP contribution in [0.2, 0.25) is 0 Å². The molecule has 2 aliphatic rings. The lowest BCUT2D eigenvalue weighted by atomic mass is 9.89. The van der Waals surface area contributed by atoms with E-state index in [1.165, 1.54) is 0 Å². The number of sulfone groups is 1. The predicted molar refractivity (Wildman–Crippen MR) is 69.7 cm³/mol. The molecule has 0 bridgehead atoms. The first-order chi connectivity index (χ1) is 8.82. The predicted octanol–water partition coefficient (Wildman–Crippen LogP) is -0.136. The maximum atomic E-state index is 11.7. The summed E-state index contributed by atoms with van der Waals surface area (Å²) >= 11 is 0. The van der Waals surface area contributed by atoms with Crippen molar-refractivity contribution in [3.8, 4) is 0 Å². The summed E-state index contributed by atoms with van der Waals surface area (Å²) in [5.74, 6) is -1.29. The number of aliphatic hydroxyl groups is 1. The van der Waals surface area contributed by atoms with Crippen molar-refractivity contribution in [1.29, 1.82) is 0 Å². The van der Waals surface area contributed by atoms with E-state index < -0.39 is 33.5 Å². The van der Waals surface area contributed by atoms with Crippen LogP contribution in [0.25, 0.3) is 0 Å². The number of hydrogen-bond acceptors (Lipinski definition) is 5. The average molecular weight is 291 g/mol. The van der Waals surface area contributed by atoms with E-state index in [4.69, 9.17) is 0 Å². The van der Waals surface area contributed by atoms with Crippen molar-refractivity contribution in [2.45, 2.75) is 50.3 Å².